The van der Waals surface area contributed by atoms with Gasteiger partial charge >= 0.3 is 6.18 Å². The first-order valence-corrected chi connectivity index (χ1v) is 7.06. The topological polar surface area (TPSA) is 24.9 Å². The minimum atomic E-state index is -4.44. The number of hydrogen-bond acceptors (Lipinski definition) is 2. The Balaban J connectivity index is 2.64. The standard InChI is InChI=1S/C16H19F3N2/c1-4-5-6-11-7-8-13-12(9-11)14(20-3)10(2)15(21-13)16(17,18)19/h7-9H,4-6H2,1-3H3,(H,20,21). The Labute approximate surface area is 122 Å². The van der Waals surface area contributed by atoms with Crippen molar-refractivity contribution in [2.75, 3.05) is 12.4 Å². The summed E-state index contributed by atoms with van der Waals surface area (Å²) in [5.74, 6) is 0. The lowest BCUT2D eigenvalue weighted by Crippen LogP contribution is -2.12. The number of nitrogens with one attached hydrogen (secondary N) is 1. The van der Waals surface area contributed by atoms with Crippen LogP contribution in [0.3, 0.4) is 0 Å². The summed E-state index contributed by atoms with van der Waals surface area (Å²) in [6.07, 6.45) is -1.37. The summed E-state index contributed by atoms with van der Waals surface area (Å²) in [5, 5.41) is 3.64. The van der Waals surface area contributed by atoms with Crippen molar-refractivity contribution < 1.29 is 13.2 Å². The summed E-state index contributed by atoms with van der Waals surface area (Å²) in [5.41, 5.74) is 1.33. The molecule has 0 aliphatic rings. The summed E-state index contributed by atoms with van der Waals surface area (Å²) in [4.78, 5) is 3.81. The van der Waals surface area contributed by atoms with Gasteiger partial charge in [-0.3, -0.25) is 0 Å². The summed E-state index contributed by atoms with van der Waals surface area (Å²) in [7, 11) is 1.64. The number of unbranched alkanes of at least 4 members (excludes halogenated alkanes) is 1. The van der Waals surface area contributed by atoms with E-state index < -0.39 is 11.9 Å². The van der Waals surface area contributed by atoms with Gasteiger partial charge in [-0.25, -0.2) is 4.98 Å². The fourth-order valence-electron chi connectivity index (χ4n) is 2.54. The van der Waals surface area contributed by atoms with E-state index in [2.05, 4.69) is 17.2 Å². The maximum Gasteiger partial charge on any atom is 0.433 e. The van der Waals surface area contributed by atoms with Crippen LogP contribution in [0.5, 0.6) is 0 Å². The highest BCUT2D eigenvalue weighted by atomic mass is 19.4. The molecule has 0 radical (unpaired) electrons. The third-order valence-corrected chi connectivity index (χ3v) is 3.63. The molecule has 2 rings (SSSR count). The largest absolute Gasteiger partial charge is 0.433 e. The van der Waals surface area contributed by atoms with E-state index in [4.69, 9.17) is 0 Å². The first-order chi connectivity index (χ1) is 9.88. The minimum Gasteiger partial charge on any atom is -0.387 e. The Kier molecular flexibility index (Phi) is 4.40. The molecule has 1 aromatic carbocycles. The lowest BCUT2D eigenvalue weighted by molar-refractivity contribution is -0.141. The summed E-state index contributed by atoms with van der Waals surface area (Å²) in [6.45, 7) is 3.57. The average molecular weight is 296 g/mol. The van der Waals surface area contributed by atoms with E-state index in [1.807, 2.05) is 12.1 Å². The number of aromatic nitrogens is 1. The molecule has 21 heavy (non-hydrogen) atoms. The van der Waals surface area contributed by atoms with Crippen molar-refractivity contribution in [3.8, 4) is 0 Å². The van der Waals surface area contributed by atoms with Crippen molar-refractivity contribution >= 4 is 16.6 Å². The van der Waals surface area contributed by atoms with Crippen LogP contribution in [-0.2, 0) is 12.6 Å². The van der Waals surface area contributed by atoms with E-state index in [1.54, 1.807) is 13.1 Å². The fourth-order valence-corrected chi connectivity index (χ4v) is 2.54. The van der Waals surface area contributed by atoms with Gasteiger partial charge in [0.1, 0.15) is 5.69 Å². The normalized spacial score (nSPS) is 11.9. The first-order valence-electron chi connectivity index (χ1n) is 7.06. The van der Waals surface area contributed by atoms with Crippen molar-refractivity contribution in [3.63, 3.8) is 0 Å². The average Bonchev–Trinajstić information content (AvgIpc) is 2.43. The summed E-state index contributed by atoms with van der Waals surface area (Å²) in [6, 6.07) is 5.48. The highest BCUT2D eigenvalue weighted by molar-refractivity contribution is 5.93. The predicted molar refractivity (Wildman–Crippen MR) is 79.6 cm³/mol. The smallest absolute Gasteiger partial charge is 0.387 e. The number of rotatable bonds is 4. The Bertz CT molecular complexity index is 648. The number of fused-ring (bicyclic) bond motifs is 1. The Morgan fingerprint density at radius 2 is 1.95 bits per heavy atom. The van der Waals surface area contributed by atoms with Gasteiger partial charge in [0.15, 0.2) is 0 Å². The number of alkyl halides is 3. The van der Waals surface area contributed by atoms with Crippen LogP contribution in [0.25, 0.3) is 10.9 Å². The number of nitrogens with zero attached hydrogens (tertiary/aromatic N) is 1. The number of anilines is 1. The quantitative estimate of drug-likeness (QED) is 0.863. The van der Waals surface area contributed by atoms with Crippen LogP contribution in [0, 0.1) is 6.92 Å². The van der Waals surface area contributed by atoms with Gasteiger partial charge in [-0.05, 0) is 37.5 Å². The van der Waals surface area contributed by atoms with Gasteiger partial charge in [-0.15, -0.1) is 0 Å². The third-order valence-electron chi connectivity index (χ3n) is 3.63. The van der Waals surface area contributed by atoms with Crippen LogP contribution in [0.1, 0.15) is 36.6 Å². The number of hydrogen-bond donors (Lipinski definition) is 1. The molecule has 1 N–H and O–H groups in total. The molecule has 2 nitrogen and oxygen atoms in total. The van der Waals surface area contributed by atoms with Gasteiger partial charge in [0.2, 0.25) is 0 Å². The molecule has 114 valence electrons. The van der Waals surface area contributed by atoms with Crippen molar-refractivity contribution in [3.05, 3.63) is 35.0 Å². The Morgan fingerprint density at radius 1 is 1.24 bits per heavy atom. The van der Waals surface area contributed by atoms with Crippen LogP contribution in [0.4, 0.5) is 18.9 Å². The van der Waals surface area contributed by atoms with E-state index in [0.717, 1.165) is 30.2 Å². The lowest BCUT2D eigenvalue weighted by atomic mass is 10.0. The van der Waals surface area contributed by atoms with Crippen LogP contribution >= 0.6 is 0 Å². The molecule has 0 fully saturated rings. The van der Waals surface area contributed by atoms with Crippen LogP contribution in [0.15, 0.2) is 18.2 Å². The number of benzene rings is 1. The fraction of sp³-hybridized carbons (Fsp3) is 0.438. The van der Waals surface area contributed by atoms with Crippen LogP contribution in [0.2, 0.25) is 0 Å². The van der Waals surface area contributed by atoms with Crippen molar-refractivity contribution in [2.45, 2.75) is 39.3 Å². The predicted octanol–water partition coefficient (Wildman–Crippen LogP) is 4.95. The summed E-state index contributed by atoms with van der Waals surface area (Å²) < 4.78 is 39.1. The molecule has 1 aromatic heterocycles. The molecule has 5 heteroatoms. The van der Waals surface area contributed by atoms with E-state index in [1.165, 1.54) is 6.92 Å². The number of aryl methyl sites for hydroxylation is 1. The molecule has 0 bridgehead atoms. The minimum absolute atomic E-state index is 0.144. The molecule has 0 unspecified atom stereocenters. The maximum atomic E-state index is 13.0. The van der Waals surface area contributed by atoms with Crippen LogP contribution in [-0.4, -0.2) is 12.0 Å². The second-order valence-corrected chi connectivity index (χ2v) is 5.16. The van der Waals surface area contributed by atoms with E-state index in [9.17, 15) is 13.2 Å². The second-order valence-electron chi connectivity index (χ2n) is 5.16. The molecule has 1 heterocycles. The van der Waals surface area contributed by atoms with Crippen LogP contribution < -0.4 is 5.32 Å². The van der Waals surface area contributed by atoms with Gasteiger partial charge in [0.25, 0.3) is 0 Å². The molecule has 0 aliphatic carbocycles. The second kappa shape index (κ2) is 5.92. The molecule has 0 spiro atoms. The van der Waals surface area contributed by atoms with Gasteiger partial charge in [0.05, 0.1) is 5.52 Å². The van der Waals surface area contributed by atoms with Crippen molar-refractivity contribution in [1.29, 1.82) is 0 Å². The van der Waals surface area contributed by atoms with Crippen molar-refractivity contribution in [2.24, 2.45) is 0 Å². The zero-order valence-corrected chi connectivity index (χ0v) is 12.4. The molecular weight excluding hydrogens is 277 g/mol. The van der Waals surface area contributed by atoms with Gasteiger partial charge in [0, 0.05) is 23.7 Å². The molecule has 2 aromatic rings. The van der Waals surface area contributed by atoms with E-state index in [-0.39, 0.29) is 5.56 Å². The van der Waals surface area contributed by atoms with Gasteiger partial charge in [-0.1, -0.05) is 19.4 Å². The zero-order valence-electron chi connectivity index (χ0n) is 12.4. The first kappa shape index (κ1) is 15.6. The summed E-state index contributed by atoms with van der Waals surface area (Å²) >= 11 is 0. The van der Waals surface area contributed by atoms with E-state index >= 15 is 0 Å². The zero-order chi connectivity index (χ0) is 15.6. The van der Waals surface area contributed by atoms with Crippen molar-refractivity contribution in [1.82, 2.24) is 4.98 Å². The molecule has 0 saturated carbocycles. The molecule has 0 atom stereocenters. The Hall–Kier alpha value is -1.78. The lowest BCUT2D eigenvalue weighted by Gasteiger charge is -2.16. The van der Waals surface area contributed by atoms with E-state index in [0.29, 0.717) is 11.2 Å². The Morgan fingerprint density at radius 3 is 2.52 bits per heavy atom. The highest BCUT2D eigenvalue weighted by Crippen LogP contribution is 2.37. The van der Waals surface area contributed by atoms with Gasteiger partial charge in [-0.2, -0.15) is 13.2 Å². The SMILES string of the molecule is CCCCc1ccc2nc(C(F)(F)F)c(C)c(NC)c2c1. The van der Waals surface area contributed by atoms with Gasteiger partial charge < -0.3 is 5.32 Å². The molecule has 0 aliphatic heterocycles. The number of pyridine rings is 1. The maximum absolute atomic E-state index is 13.0. The monoisotopic (exact) mass is 296 g/mol. The molecule has 0 saturated heterocycles. The highest BCUT2D eigenvalue weighted by Gasteiger charge is 2.35. The third kappa shape index (κ3) is 3.12. The molecule has 0 amide bonds. The molecular formula is C16H19F3N2. The number of halogens is 3.